The number of nitrogens with zero attached hydrogens (tertiary/aromatic N) is 4. The monoisotopic (exact) mass is 563 g/mol. The molecule has 1 amide bonds. The zero-order valence-corrected chi connectivity index (χ0v) is 24.9. The highest BCUT2D eigenvalue weighted by atomic mass is 19.1. The van der Waals surface area contributed by atoms with E-state index in [1.807, 2.05) is 88.6 Å². The Balaban J connectivity index is 1.54. The summed E-state index contributed by atoms with van der Waals surface area (Å²) >= 11 is 0. The Morgan fingerprint density at radius 3 is 2.50 bits per heavy atom. The van der Waals surface area contributed by atoms with Crippen molar-refractivity contribution in [2.75, 3.05) is 19.4 Å². The van der Waals surface area contributed by atoms with Crippen molar-refractivity contribution in [3.8, 4) is 0 Å². The Labute approximate surface area is 247 Å². The number of rotatable bonds is 8. The Bertz CT molecular complexity index is 1570. The van der Waals surface area contributed by atoms with Crippen LogP contribution in [0, 0.1) is 11.7 Å². The maximum Gasteiger partial charge on any atom is 0.238 e. The van der Waals surface area contributed by atoms with E-state index >= 15 is 4.39 Å². The van der Waals surface area contributed by atoms with Crippen LogP contribution < -0.4 is 5.32 Å². The van der Waals surface area contributed by atoms with Crippen LogP contribution in [0.15, 0.2) is 87.8 Å². The number of fused-ring (bicyclic) bond motifs is 1. The molecule has 0 saturated carbocycles. The first-order valence-electron chi connectivity index (χ1n) is 14.6. The van der Waals surface area contributed by atoms with Gasteiger partial charge in [-0.2, -0.15) is 0 Å². The number of benzene rings is 3. The molecule has 0 aliphatic carbocycles. The summed E-state index contributed by atoms with van der Waals surface area (Å²) in [5, 5.41) is 3.00. The van der Waals surface area contributed by atoms with Crippen molar-refractivity contribution >= 4 is 40.6 Å². The third-order valence-electron chi connectivity index (χ3n) is 7.52. The van der Waals surface area contributed by atoms with E-state index < -0.39 is 11.7 Å². The largest absolute Gasteiger partial charge is 0.325 e. The van der Waals surface area contributed by atoms with E-state index in [9.17, 15) is 4.79 Å². The number of carbonyl (C=O) groups is 1. The van der Waals surface area contributed by atoms with Gasteiger partial charge in [0.25, 0.3) is 0 Å². The highest BCUT2D eigenvalue weighted by molar-refractivity contribution is 6.24. The number of halogens is 1. The lowest BCUT2D eigenvalue weighted by molar-refractivity contribution is -0.115. The standard InChI is InChI=1S/C35H38FN5O/c1-6-24-14-15-26(20-37-34(24)38-22(2)3)28-19-31-29(18-30(28)36)32(35(42)40-31)33(25-10-8-7-9-11-25)39-27-16-12-23(13-17-27)21-41(4)5/h7-13,15-20,22,24,32H,6,14,21H2,1-5H3,(H,40,42). The van der Waals surface area contributed by atoms with Gasteiger partial charge in [-0.15, -0.1) is 0 Å². The van der Waals surface area contributed by atoms with Gasteiger partial charge in [-0.1, -0.05) is 55.5 Å². The van der Waals surface area contributed by atoms with Gasteiger partial charge < -0.3 is 10.2 Å². The molecule has 0 saturated heterocycles. The van der Waals surface area contributed by atoms with Crippen molar-refractivity contribution in [2.24, 2.45) is 20.9 Å². The van der Waals surface area contributed by atoms with Crippen molar-refractivity contribution in [3.63, 3.8) is 0 Å². The molecule has 7 heteroatoms. The van der Waals surface area contributed by atoms with E-state index in [1.165, 1.54) is 11.6 Å². The minimum atomic E-state index is -0.751. The molecule has 2 aliphatic rings. The van der Waals surface area contributed by atoms with E-state index in [1.54, 1.807) is 12.3 Å². The summed E-state index contributed by atoms with van der Waals surface area (Å²) in [5.74, 6) is -0.394. The van der Waals surface area contributed by atoms with E-state index in [0.29, 0.717) is 28.1 Å². The lowest BCUT2D eigenvalue weighted by Crippen LogP contribution is -2.22. The molecule has 2 heterocycles. The summed E-state index contributed by atoms with van der Waals surface area (Å²) in [6.45, 7) is 6.99. The molecule has 42 heavy (non-hydrogen) atoms. The molecule has 216 valence electrons. The van der Waals surface area contributed by atoms with Crippen LogP contribution in [0.1, 0.15) is 61.8 Å². The number of allylic oxidation sites excluding steroid dienone is 2. The number of amides is 1. The predicted molar refractivity (Wildman–Crippen MR) is 172 cm³/mol. The van der Waals surface area contributed by atoms with Crippen LogP contribution in [-0.4, -0.2) is 48.7 Å². The van der Waals surface area contributed by atoms with Crippen LogP contribution in [0.3, 0.4) is 0 Å². The van der Waals surface area contributed by atoms with Crippen LogP contribution in [-0.2, 0) is 11.3 Å². The highest BCUT2D eigenvalue weighted by Crippen LogP contribution is 2.39. The summed E-state index contributed by atoms with van der Waals surface area (Å²) < 4.78 is 15.9. The number of aliphatic imine (C=N–C) groups is 3. The second kappa shape index (κ2) is 12.7. The highest BCUT2D eigenvalue weighted by Gasteiger charge is 2.36. The molecule has 2 atom stereocenters. The molecule has 0 bridgehead atoms. The van der Waals surface area contributed by atoms with E-state index in [-0.39, 0.29) is 17.9 Å². The van der Waals surface area contributed by atoms with Gasteiger partial charge in [-0.3, -0.25) is 14.8 Å². The maximum atomic E-state index is 15.9. The number of hydrogen-bond acceptors (Lipinski definition) is 4. The van der Waals surface area contributed by atoms with Gasteiger partial charge in [0, 0.05) is 36.0 Å². The minimum absolute atomic E-state index is 0.132. The van der Waals surface area contributed by atoms with E-state index in [0.717, 1.165) is 36.5 Å². The van der Waals surface area contributed by atoms with Crippen LogP contribution in [0.25, 0.3) is 5.57 Å². The van der Waals surface area contributed by atoms with Crippen LogP contribution in [0.5, 0.6) is 0 Å². The van der Waals surface area contributed by atoms with Crippen molar-refractivity contribution in [2.45, 2.75) is 52.1 Å². The predicted octanol–water partition coefficient (Wildman–Crippen LogP) is 7.44. The summed E-state index contributed by atoms with van der Waals surface area (Å²) in [4.78, 5) is 29.9. The fourth-order valence-corrected chi connectivity index (χ4v) is 5.46. The van der Waals surface area contributed by atoms with Crippen molar-refractivity contribution in [1.29, 1.82) is 0 Å². The zero-order chi connectivity index (χ0) is 29.8. The first-order chi connectivity index (χ1) is 20.2. The number of anilines is 1. The van der Waals surface area contributed by atoms with Crippen molar-refractivity contribution in [1.82, 2.24) is 4.90 Å². The summed E-state index contributed by atoms with van der Waals surface area (Å²) in [7, 11) is 4.05. The lowest BCUT2D eigenvalue weighted by Gasteiger charge is -2.15. The van der Waals surface area contributed by atoms with Gasteiger partial charge in [0.05, 0.1) is 11.4 Å². The zero-order valence-electron chi connectivity index (χ0n) is 24.9. The number of nitrogens with one attached hydrogen (secondary N) is 1. The third-order valence-corrected chi connectivity index (χ3v) is 7.52. The second-order valence-electron chi connectivity index (χ2n) is 11.4. The Morgan fingerprint density at radius 2 is 1.83 bits per heavy atom. The molecule has 0 aromatic heterocycles. The molecule has 0 spiro atoms. The summed E-state index contributed by atoms with van der Waals surface area (Å²) in [6.07, 6.45) is 5.35. The lowest BCUT2D eigenvalue weighted by atomic mass is 9.89. The van der Waals surface area contributed by atoms with Gasteiger partial charge >= 0.3 is 0 Å². The summed E-state index contributed by atoms with van der Waals surface area (Å²) in [5.41, 5.74) is 5.56. The van der Waals surface area contributed by atoms with E-state index in [2.05, 4.69) is 22.1 Å². The molecule has 5 rings (SSSR count). The Hall–Kier alpha value is -4.23. The van der Waals surface area contributed by atoms with Crippen molar-refractivity contribution in [3.05, 3.63) is 101 Å². The molecule has 3 aromatic rings. The summed E-state index contributed by atoms with van der Waals surface area (Å²) in [6, 6.07) is 21.0. The second-order valence-corrected chi connectivity index (χ2v) is 11.4. The molecule has 2 unspecified atom stereocenters. The average molecular weight is 564 g/mol. The molecular weight excluding hydrogens is 525 g/mol. The van der Waals surface area contributed by atoms with Gasteiger partial charge in [0.2, 0.25) is 5.91 Å². The normalized spacial score (nSPS) is 19.7. The SMILES string of the molecule is CCC1CC=C(c2cc3c(cc2F)C(C(=Nc2ccc(CN(C)C)cc2)c2ccccc2)C(=O)N3)C=NC1=NC(C)C. The molecular formula is C35H38FN5O. The maximum absolute atomic E-state index is 15.9. The van der Waals surface area contributed by atoms with Gasteiger partial charge in [0.15, 0.2) is 0 Å². The molecule has 2 aliphatic heterocycles. The van der Waals surface area contributed by atoms with Gasteiger partial charge in [-0.25, -0.2) is 9.38 Å². The average Bonchev–Trinajstić information content (AvgIpc) is 3.13. The molecule has 0 radical (unpaired) electrons. The fourth-order valence-electron chi connectivity index (χ4n) is 5.46. The Kier molecular flexibility index (Phi) is 8.88. The quantitative estimate of drug-likeness (QED) is 0.290. The molecule has 6 nitrogen and oxygen atoms in total. The molecule has 1 N–H and O–H groups in total. The van der Waals surface area contributed by atoms with Gasteiger partial charge in [-0.05, 0) is 87.3 Å². The fraction of sp³-hybridized carbons (Fsp3) is 0.314. The van der Waals surface area contributed by atoms with Crippen LogP contribution >= 0.6 is 0 Å². The number of amidine groups is 1. The molecule has 0 fully saturated rings. The van der Waals surface area contributed by atoms with Crippen LogP contribution in [0.2, 0.25) is 0 Å². The number of hydrogen-bond donors (Lipinski definition) is 1. The van der Waals surface area contributed by atoms with Crippen LogP contribution in [0.4, 0.5) is 15.8 Å². The smallest absolute Gasteiger partial charge is 0.238 e. The Morgan fingerprint density at radius 1 is 1.10 bits per heavy atom. The van der Waals surface area contributed by atoms with E-state index in [4.69, 9.17) is 9.98 Å². The molecule has 3 aromatic carbocycles. The first-order valence-corrected chi connectivity index (χ1v) is 14.6. The number of carbonyl (C=O) groups excluding carboxylic acids is 1. The van der Waals surface area contributed by atoms with Crippen molar-refractivity contribution < 1.29 is 9.18 Å². The minimum Gasteiger partial charge on any atom is -0.325 e. The topological polar surface area (TPSA) is 69.4 Å². The van der Waals surface area contributed by atoms with Gasteiger partial charge in [0.1, 0.15) is 17.6 Å². The third kappa shape index (κ3) is 6.47. The first kappa shape index (κ1) is 29.3.